The molecule has 3 heterocycles. The molecule has 0 radical (unpaired) electrons. The van der Waals surface area contributed by atoms with Crippen molar-refractivity contribution in [1.82, 2.24) is 19.3 Å². The monoisotopic (exact) mass is 463 g/mol. The fourth-order valence-electron chi connectivity index (χ4n) is 4.27. The number of fused-ring (bicyclic) bond motifs is 4. The number of nitrogens with two attached hydrogens (primary N) is 1. The molecule has 150 valence electrons. The second-order valence-electron chi connectivity index (χ2n) is 7.80. The third-order valence-corrected chi connectivity index (χ3v) is 6.36. The van der Waals surface area contributed by atoms with Crippen molar-refractivity contribution < 1.29 is 9.53 Å². The number of carbonyl (C=O) groups is 1. The fourth-order valence-corrected chi connectivity index (χ4v) is 4.61. The Bertz CT molecular complexity index is 1330. The molecule has 1 aliphatic heterocycles. The third-order valence-electron chi connectivity index (χ3n) is 5.87. The van der Waals surface area contributed by atoms with Crippen molar-refractivity contribution in [3.05, 3.63) is 64.5 Å². The molecule has 0 bridgehead atoms. The number of rotatable bonds is 3. The summed E-state index contributed by atoms with van der Waals surface area (Å²) < 4.78 is 8.75. The van der Waals surface area contributed by atoms with Gasteiger partial charge in [0.2, 0.25) is 0 Å². The molecule has 6 rings (SSSR count). The summed E-state index contributed by atoms with van der Waals surface area (Å²) >= 11 is 3.49. The van der Waals surface area contributed by atoms with E-state index in [1.165, 1.54) is 0 Å². The van der Waals surface area contributed by atoms with Crippen LogP contribution in [0.1, 0.15) is 34.8 Å². The normalized spacial score (nSPS) is 17.8. The molecule has 1 atom stereocenters. The molecular weight excluding hydrogens is 446 g/mol. The number of aromatic nitrogens is 3. The number of carbonyl (C=O) groups excluding carboxylic acids is 1. The molecule has 1 amide bonds. The number of halogens is 1. The molecule has 2 N–H and O–H groups in total. The summed E-state index contributed by atoms with van der Waals surface area (Å²) in [5.74, 6) is 1.27. The maximum atomic E-state index is 13.7. The topological polar surface area (TPSA) is 85.8 Å². The van der Waals surface area contributed by atoms with Crippen molar-refractivity contribution in [3.63, 3.8) is 0 Å². The van der Waals surface area contributed by atoms with E-state index in [1.807, 2.05) is 45.7 Å². The van der Waals surface area contributed by atoms with Gasteiger partial charge in [-0.3, -0.25) is 9.20 Å². The summed E-state index contributed by atoms with van der Waals surface area (Å²) in [6.45, 7) is 0.478. The lowest BCUT2D eigenvalue weighted by atomic mass is 10.0. The highest BCUT2D eigenvalue weighted by atomic mass is 79.9. The number of benzene rings is 2. The van der Waals surface area contributed by atoms with Crippen LogP contribution in [0.3, 0.4) is 0 Å². The van der Waals surface area contributed by atoms with Gasteiger partial charge in [-0.2, -0.15) is 0 Å². The summed E-state index contributed by atoms with van der Waals surface area (Å²) in [4.78, 5) is 24.3. The predicted octanol–water partition coefficient (Wildman–Crippen LogP) is 3.97. The van der Waals surface area contributed by atoms with Gasteiger partial charge in [-0.05, 0) is 43.2 Å². The minimum atomic E-state index is -0.0818. The highest BCUT2D eigenvalue weighted by Gasteiger charge is 2.41. The largest absolute Gasteiger partial charge is 0.491 e. The van der Waals surface area contributed by atoms with E-state index in [4.69, 9.17) is 10.5 Å². The molecule has 1 aliphatic carbocycles. The van der Waals surface area contributed by atoms with Gasteiger partial charge in [0, 0.05) is 21.6 Å². The van der Waals surface area contributed by atoms with Crippen LogP contribution in [0.4, 0.5) is 5.82 Å². The molecule has 1 fully saturated rings. The summed E-state index contributed by atoms with van der Waals surface area (Å²) in [6, 6.07) is 11.7. The summed E-state index contributed by atoms with van der Waals surface area (Å²) in [5, 5.41) is 0. The van der Waals surface area contributed by atoms with Crippen molar-refractivity contribution in [2.45, 2.75) is 24.9 Å². The van der Waals surface area contributed by atoms with Crippen LogP contribution in [-0.4, -0.2) is 37.8 Å². The Hall–Kier alpha value is -3.13. The Kier molecular flexibility index (Phi) is 3.80. The number of anilines is 1. The molecule has 2 aliphatic rings. The highest BCUT2D eigenvalue weighted by molar-refractivity contribution is 9.10. The van der Waals surface area contributed by atoms with Gasteiger partial charge in [-0.25, -0.2) is 9.97 Å². The van der Waals surface area contributed by atoms with Gasteiger partial charge in [0.25, 0.3) is 5.91 Å². The molecule has 30 heavy (non-hydrogen) atoms. The minimum Gasteiger partial charge on any atom is -0.491 e. The molecule has 1 saturated carbocycles. The maximum absolute atomic E-state index is 13.7. The molecule has 0 saturated heterocycles. The van der Waals surface area contributed by atoms with Crippen LogP contribution in [0.2, 0.25) is 0 Å². The van der Waals surface area contributed by atoms with Gasteiger partial charge < -0.3 is 15.4 Å². The molecule has 2 aromatic carbocycles. The van der Waals surface area contributed by atoms with Crippen LogP contribution in [-0.2, 0) is 0 Å². The summed E-state index contributed by atoms with van der Waals surface area (Å²) in [6.07, 6.45) is 5.41. The van der Waals surface area contributed by atoms with Crippen LogP contribution in [0.5, 0.6) is 5.75 Å². The average Bonchev–Trinajstić information content (AvgIpc) is 3.29. The number of ether oxygens (including phenoxy) is 1. The molecule has 0 unspecified atom stereocenters. The Labute approximate surface area is 180 Å². The maximum Gasteiger partial charge on any atom is 0.254 e. The number of amides is 1. The van der Waals surface area contributed by atoms with Crippen LogP contribution < -0.4 is 10.5 Å². The first kappa shape index (κ1) is 17.7. The van der Waals surface area contributed by atoms with E-state index in [9.17, 15) is 4.79 Å². The smallest absolute Gasteiger partial charge is 0.254 e. The van der Waals surface area contributed by atoms with Crippen LogP contribution in [0.15, 0.2) is 53.4 Å². The number of hydrogen-bond acceptors (Lipinski definition) is 5. The lowest BCUT2D eigenvalue weighted by molar-refractivity contribution is 0.0630. The van der Waals surface area contributed by atoms with E-state index in [0.717, 1.165) is 45.2 Å². The van der Waals surface area contributed by atoms with Gasteiger partial charge in [-0.1, -0.05) is 22.0 Å². The van der Waals surface area contributed by atoms with Gasteiger partial charge in [0.05, 0.1) is 29.6 Å². The SMILES string of the molecule is Nc1nc2ccc(C(=O)N(C3CC3)[C@H]3COc4cc(Br)ccc43)cc2n2cncc12. The Balaban J connectivity index is 1.43. The zero-order chi connectivity index (χ0) is 20.4. The van der Waals surface area contributed by atoms with E-state index in [1.54, 1.807) is 12.5 Å². The number of imidazole rings is 1. The number of hydrogen-bond donors (Lipinski definition) is 1. The molecule has 4 aromatic rings. The lowest BCUT2D eigenvalue weighted by Crippen LogP contribution is -2.37. The second kappa shape index (κ2) is 6.43. The number of nitrogens with zero attached hydrogens (tertiary/aromatic N) is 4. The van der Waals surface area contributed by atoms with Gasteiger partial charge >= 0.3 is 0 Å². The molecule has 8 heteroatoms. The predicted molar refractivity (Wildman–Crippen MR) is 116 cm³/mol. The zero-order valence-corrected chi connectivity index (χ0v) is 17.5. The average molecular weight is 464 g/mol. The first-order valence-electron chi connectivity index (χ1n) is 9.86. The van der Waals surface area contributed by atoms with E-state index >= 15 is 0 Å². The summed E-state index contributed by atoms with van der Waals surface area (Å²) in [7, 11) is 0. The quantitative estimate of drug-likeness (QED) is 0.496. The van der Waals surface area contributed by atoms with E-state index in [0.29, 0.717) is 18.0 Å². The van der Waals surface area contributed by atoms with Crippen molar-refractivity contribution in [3.8, 4) is 5.75 Å². The van der Waals surface area contributed by atoms with Gasteiger partial charge in [0.15, 0.2) is 0 Å². The van der Waals surface area contributed by atoms with E-state index < -0.39 is 0 Å². The van der Waals surface area contributed by atoms with Crippen molar-refractivity contribution in [2.75, 3.05) is 12.3 Å². The van der Waals surface area contributed by atoms with Crippen LogP contribution >= 0.6 is 15.9 Å². The lowest BCUT2D eigenvalue weighted by Gasteiger charge is -2.28. The third kappa shape index (κ3) is 2.67. The standard InChI is InChI=1S/C22H18BrN5O2/c23-13-2-5-15-19(10-30-20(15)8-13)28(14-3-4-14)22(29)12-1-6-16-17(7-12)27-11-25-9-18(27)21(24)26-16/h1-2,5-9,11,14,19H,3-4,10H2,(H2,24,26)/t19-/m0/s1. The molecule has 2 aromatic heterocycles. The molecular formula is C22H18BrN5O2. The van der Waals surface area contributed by atoms with Crippen molar-refractivity contribution in [1.29, 1.82) is 0 Å². The van der Waals surface area contributed by atoms with Crippen molar-refractivity contribution in [2.24, 2.45) is 0 Å². The second-order valence-corrected chi connectivity index (χ2v) is 8.72. The first-order valence-corrected chi connectivity index (χ1v) is 10.7. The Morgan fingerprint density at radius 3 is 2.90 bits per heavy atom. The highest BCUT2D eigenvalue weighted by Crippen LogP contribution is 2.43. The van der Waals surface area contributed by atoms with Crippen LogP contribution in [0, 0.1) is 0 Å². The summed E-state index contributed by atoms with van der Waals surface area (Å²) in [5.41, 5.74) is 9.99. The molecule has 7 nitrogen and oxygen atoms in total. The zero-order valence-electron chi connectivity index (χ0n) is 16.0. The van der Waals surface area contributed by atoms with Crippen molar-refractivity contribution >= 4 is 44.2 Å². The Morgan fingerprint density at radius 1 is 1.20 bits per heavy atom. The van der Waals surface area contributed by atoms with E-state index in [2.05, 4.69) is 25.9 Å². The van der Waals surface area contributed by atoms with Gasteiger partial charge in [0.1, 0.15) is 23.7 Å². The first-order chi connectivity index (χ1) is 14.6. The van der Waals surface area contributed by atoms with E-state index in [-0.39, 0.29) is 18.0 Å². The fraction of sp³-hybridized carbons (Fsp3) is 0.227. The van der Waals surface area contributed by atoms with Gasteiger partial charge in [-0.15, -0.1) is 0 Å². The Morgan fingerprint density at radius 2 is 2.07 bits per heavy atom. The van der Waals surface area contributed by atoms with Crippen LogP contribution in [0.25, 0.3) is 16.6 Å². The minimum absolute atomic E-state index is 0.00820. The number of nitrogen functional groups attached to an aromatic ring is 1. The molecule has 0 spiro atoms.